The van der Waals surface area contributed by atoms with Crippen LogP contribution < -0.4 is 10.6 Å². The van der Waals surface area contributed by atoms with Crippen LogP contribution in [0.25, 0.3) is 0 Å². The molecule has 0 unspecified atom stereocenters. The Labute approximate surface area is 206 Å². The summed E-state index contributed by atoms with van der Waals surface area (Å²) in [7, 11) is 0. The number of hydrogen-bond acceptors (Lipinski definition) is 5. The number of nitrogens with one attached hydrogen (secondary N) is 2. The lowest BCUT2D eigenvalue weighted by Gasteiger charge is -2.10. The summed E-state index contributed by atoms with van der Waals surface area (Å²) in [5.41, 5.74) is 3.31. The third-order valence-corrected chi connectivity index (χ3v) is 6.39. The summed E-state index contributed by atoms with van der Waals surface area (Å²) in [5, 5.41) is 15.3. The molecule has 3 aromatic rings. The van der Waals surface area contributed by atoms with Gasteiger partial charge in [0.05, 0.1) is 22.3 Å². The number of aromatic nitrogens is 3. The van der Waals surface area contributed by atoms with Gasteiger partial charge in [-0.3, -0.25) is 9.59 Å². The predicted octanol–water partition coefficient (Wildman–Crippen LogP) is 5.05. The molecule has 3 rings (SSSR count). The minimum atomic E-state index is -0.316. The van der Waals surface area contributed by atoms with Crippen molar-refractivity contribution in [3.63, 3.8) is 0 Å². The molecular formula is C23H23Cl2N5O2S. The molecule has 1 aromatic heterocycles. The Kier molecular flexibility index (Phi) is 8.55. The van der Waals surface area contributed by atoms with Crippen molar-refractivity contribution in [1.29, 1.82) is 0 Å². The number of anilines is 1. The quantitative estimate of drug-likeness (QED) is 0.315. The topological polar surface area (TPSA) is 88.9 Å². The van der Waals surface area contributed by atoms with E-state index in [0.29, 0.717) is 33.1 Å². The fraction of sp³-hybridized carbons (Fsp3) is 0.217. The maximum absolute atomic E-state index is 12.4. The number of carbonyl (C=O) groups is 2. The van der Waals surface area contributed by atoms with Crippen molar-refractivity contribution in [2.75, 3.05) is 11.1 Å². The Morgan fingerprint density at radius 1 is 1.12 bits per heavy atom. The van der Waals surface area contributed by atoms with E-state index in [0.717, 1.165) is 16.8 Å². The fourth-order valence-corrected chi connectivity index (χ4v) is 4.10. The first-order valence-electron chi connectivity index (χ1n) is 10.0. The molecular weight excluding hydrogens is 481 g/mol. The second kappa shape index (κ2) is 11.4. The van der Waals surface area contributed by atoms with E-state index in [1.807, 2.05) is 32.0 Å². The highest BCUT2D eigenvalue weighted by Gasteiger charge is 2.16. The van der Waals surface area contributed by atoms with Crippen molar-refractivity contribution in [2.45, 2.75) is 32.1 Å². The van der Waals surface area contributed by atoms with Gasteiger partial charge in [-0.1, -0.05) is 58.7 Å². The predicted molar refractivity (Wildman–Crippen MR) is 133 cm³/mol. The van der Waals surface area contributed by atoms with Gasteiger partial charge in [-0.25, -0.2) is 0 Å². The van der Waals surface area contributed by atoms with Crippen LogP contribution in [0.2, 0.25) is 10.0 Å². The van der Waals surface area contributed by atoms with E-state index >= 15 is 0 Å². The van der Waals surface area contributed by atoms with Gasteiger partial charge in [-0.05, 0) is 43.7 Å². The lowest BCUT2D eigenvalue weighted by Crippen LogP contribution is -2.25. The van der Waals surface area contributed by atoms with Gasteiger partial charge < -0.3 is 15.2 Å². The van der Waals surface area contributed by atoms with Crippen LogP contribution >= 0.6 is 35.0 Å². The molecule has 0 saturated carbocycles. The fourth-order valence-electron chi connectivity index (χ4n) is 3.04. The molecule has 0 fully saturated rings. The smallest absolute Gasteiger partial charge is 0.251 e. The van der Waals surface area contributed by atoms with Crippen LogP contribution in [0.15, 0.2) is 54.2 Å². The monoisotopic (exact) mass is 503 g/mol. The summed E-state index contributed by atoms with van der Waals surface area (Å²) in [6.07, 6.45) is 1.70. The van der Waals surface area contributed by atoms with E-state index in [1.54, 1.807) is 22.8 Å². The third kappa shape index (κ3) is 6.60. The molecule has 0 aliphatic rings. The summed E-state index contributed by atoms with van der Waals surface area (Å²) in [5.74, 6) is 0.247. The van der Waals surface area contributed by atoms with E-state index < -0.39 is 0 Å². The maximum Gasteiger partial charge on any atom is 0.251 e. The Hall–Kier alpha value is -2.81. The van der Waals surface area contributed by atoms with Gasteiger partial charge in [0.1, 0.15) is 0 Å². The molecule has 0 radical (unpaired) electrons. The van der Waals surface area contributed by atoms with Gasteiger partial charge in [-0.2, -0.15) is 0 Å². The molecule has 7 nitrogen and oxygen atoms in total. The van der Waals surface area contributed by atoms with E-state index in [9.17, 15) is 9.59 Å². The van der Waals surface area contributed by atoms with Crippen molar-refractivity contribution in [3.8, 4) is 0 Å². The summed E-state index contributed by atoms with van der Waals surface area (Å²) >= 11 is 13.2. The third-order valence-electron chi connectivity index (χ3n) is 4.68. The zero-order chi connectivity index (χ0) is 24.0. The molecule has 0 aliphatic carbocycles. The molecule has 33 heavy (non-hydrogen) atoms. The van der Waals surface area contributed by atoms with Gasteiger partial charge in [0, 0.05) is 17.8 Å². The Morgan fingerprint density at radius 3 is 2.61 bits per heavy atom. The lowest BCUT2D eigenvalue weighted by atomic mass is 10.1. The Bertz CT molecular complexity index is 1200. The first-order chi connectivity index (χ1) is 15.8. The average Bonchev–Trinajstić information content (AvgIpc) is 3.16. The lowest BCUT2D eigenvalue weighted by molar-refractivity contribution is -0.113. The SMILES string of the molecule is C=CCn1c(CNC(=O)c2ccc(Cl)c(Cl)c2)nnc1SCC(=O)Nc1ccc(C)cc1C. The molecule has 2 amide bonds. The largest absolute Gasteiger partial charge is 0.345 e. The average molecular weight is 504 g/mol. The number of allylic oxidation sites excluding steroid dienone is 1. The molecule has 0 bridgehead atoms. The molecule has 0 spiro atoms. The highest BCUT2D eigenvalue weighted by atomic mass is 35.5. The summed E-state index contributed by atoms with van der Waals surface area (Å²) in [6.45, 7) is 8.31. The van der Waals surface area contributed by atoms with Crippen molar-refractivity contribution in [3.05, 3.63) is 81.6 Å². The van der Waals surface area contributed by atoms with Gasteiger partial charge >= 0.3 is 0 Å². The number of amides is 2. The number of benzene rings is 2. The molecule has 172 valence electrons. The van der Waals surface area contributed by atoms with Crippen LogP contribution in [-0.2, 0) is 17.9 Å². The molecule has 10 heteroatoms. The zero-order valence-electron chi connectivity index (χ0n) is 18.2. The number of aryl methyl sites for hydroxylation is 2. The van der Waals surface area contributed by atoms with Crippen molar-refractivity contribution in [1.82, 2.24) is 20.1 Å². The molecule has 0 atom stereocenters. The van der Waals surface area contributed by atoms with Crippen molar-refractivity contribution < 1.29 is 9.59 Å². The molecule has 0 aliphatic heterocycles. The number of hydrogen-bond donors (Lipinski definition) is 2. The molecule has 2 N–H and O–H groups in total. The molecule has 2 aromatic carbocycles. The maximum atomic E-state index is 12.4. The van der Waals surface area contributed by atoms with E-state index in [1.165, 1.54) is 17.8 Å². The van der Waals surface area contributed by atoms with Gasteiger partial charge in [0.2, 0.25) is 5.91 Å². The van der Waals surface area contributed by atoms with Gasteiger partial charge in [-0.15, -0.1) is 16.8 Å². The van der Waals surface area contributed by atoms with Gasteiger partial charge in [0.15, 0.2) is 11.0 Å². The van der Waals surface area contributed by atoms with Gasteiger partial charge in [0.25, 0.3) is 5.91 Å². The minimum Gasteiger partial charge on any atom is -0.345 e. The van der Waals surface area contributed by atoms with Crippen LogP contribution in [0.3, 0.4) is 0 Å². The van der Waals surface area contributed by atoms with Crippen LogP contribution in [0.1, 0.15) is 27.3 Å². The van der Waals surface area contributed by atoms with E-state index in [2.05, 4.69) is 27.4 Å². The Balaban J connectivity index is 1.62. The normalized spacial score (nSPS) is 10.7. The summed E-state index contributed by atoms with van der Waals surface area (Å²) in [6, 6.07) is 10.5. The summed E-state index contributed by atoms with van der Waals surface area (Å²) in [4.78, 5) is 24.9. The summed E-state index contributed by atoms with van der Waals surface area (Å²) < 4.78 is 1.80. The number of rotatable bonds is 9. The van der Waals surface area contributed by atoms with Crippen molar-refractivity contribution in [2.24, 2.45) is 0 Å². The van der Waals surface area contributed by atoms with Crippen LogP contribution in [0.4, 0.5) is 5.69 Å². The first kappa shape index (κ1) is 24.8. The first-order valence-corrected chi connectivity index (χ1v) is 11.8. The highest BCUT2D eigenvalue weighted by molar-refractivity contribution is 7.99. The highest BCUT2D eigenvalue weighted by Crippen LogP contribution is 2.23. The molecule has 1 heterocycles. The number of thioether (sulfide) groups is 1. The van der Waals surface area contributed by atoms with E-state index in [-0.39, 0.29) is 24.1 Å². The van der Waals surface area contributed by atoms with Crippen LogP contribution in [0, 0.1) is 13.8 Å². The second-order valence-corrected chi connectivity index (χ2v) is 9.02. The van der Waals surface area contributed by atoms with Crippen LogP contribution in [-0.4, -0.2) is 32.3 Å². The Morgan fingerprint density at radius 2 is 1.91 bits per heavy atom. The van der Waals surface area contributed by atoms with Crippen LogP contribution in [0.5, 0.6) is 0 Å². The molecule has 0 saturated heterocycles. The van der Waals surface area contributed by atoms with Crippen molar-refractivity contribution >= 4 is 52.5 Å². The standard InChI is InChI=1S/C23H23Cl2N5O2S/c1-4-9-30-20(12-26-22(32)16-6-7-17(24)18(25)11-16)28-29-23(30)33-13-21(31)27-19-8-5-14(2)10-15(19)3/h4-8,10-11H,1,9,12-13H2,2-3H3,(H,26,32)(H,27,31). The number of halogens is 2. The number of carbonyl (C=O) groups excluding carboxylic acids is 2. The van der Waals surface area contributed by atoms with E-state index in [4.69, 9.17) is 23.2 Å². The second-order valence-electron chi connectivity index (χ2n) is 7.26. The zero-order valence-corrected chi connectivity index (χ0v) is 20.5. The minimum absolute atomic E-state index is 0.144. The number of nitrogens with zero attached hydrogens (tertiary/aromatic N) is 3.